The molecule has 166 valence electrons. The number of pyridine rings is 1. The molecule has 1 atom stereocenters. The maximum absolute atomic E-state index is 13.1. The first-order valence-electron chi connectivity index (χ1n) is 10.5. The SMILES string of the molecule is COc1ccc(N2CC(C(=O)N3CCN(c4ncccc4C#N)CC3)CC2=O)cc1OC. The first kappa shape index (κ1) is 21.4. The van der Waals surface area contributed by atoms with E-state index in [0.29, 0.717) is 61.3 Å². The van der Waals surface area contributed by atoms with Crippen LogP contribution in [0, 0.1) is 17.2 Å². The van der Waals surface area contributed by atoms with E-state index in [2.05, 4.69) is 11.1 Å². The van der Waals surface area contributed by atoms with Crippen molar-refractivity contribution < 1.29 is 19.1 Å². The molecule has 2 aliphatic heterocycles. The number of hydrogen-bond acceptors (Lipinski definition) is 7. The van der Waals surface area contributed by atoms with Gasteiger partial charge in [-0.25, -0.2) is 4.98 Å². The molecule has 2 amide bonds. The Hall–Kier alpha value is -3.80. The zero-order valence-electron chi connectivity index (χ0n) is 18.2. The summed E-state index contributed by atoms with van der Waals surface area (Å²) in [7, 11) is 3.10. The fraction of sp³-hybridized carbons (Fsp3) is 0.391. The number of ether oxygens (including phenoxy) is 2. The van der Waals surface area contributed by atoms with E-state index >= 15 is 0 Å². The van der Waals surface area contributed by atoms with Gasteiger partial charge >= 0.3 is 0 Å². The van der Waals surface area contributed by atoms with Gasteiger partial charge in [-0.3, -0.25) is 9.59 Å². The molecule has 1 unspecified atom stereocenters. The molecule has 3 heterocycles. The predicted octanol–water partition coefficient (Wildman–Crippen LogP) is 1.67. The monoisotopic (exact) mass is 435 g/mol. The first-order chi connectivity index (χ1) is 15.5. The van der Waals surface area contributed by atoms with Gasteiger partial charge in [0.15, 0.2) is 11.5 Å². The van der Waals surface area contributed by atoms with E-state index in [1.807, 2.05) is 9.80 Å². The lowest BCUT2D eigenvalue weighted by molar-refractivity contribution is -0.136. The van der Waals surface area contributed by atoms with Crippen LogP contribution in [0.2, 0.25) is 0 Å². The van der Waals surface area contributed by atoms with Crippen molar-refractivity contribution in [2.45, 2.75) is 6.42 Å². The highest BCUT2D eigenvalue weighted by atomic mass is 16.5. The number of piperazine rings is 1. The zero-order chi connectivity index (χ0) is 22.7. The van der Waals surface area contributed by atoms with Gasteiger partial charge in [-0.2, -0.15) is 5.26 Å². The summed E-state index contributed by atoms with van der Waals surface area (Å²) >= 11 is 0. The second kappa shape index (κ2) is 9.14. The van der Waals surface area contributed by atoms with E-state index in [4.69, 9.17) is 9.47 Å². The van der Waals surface area contributed by atoms with Gasteiger partial charge in [0.05, 0.1) is 25.7 Å². The number of nitrogens with zero attached hydrogens (tertiary/aromatic N) is 5. The van der Waals surface area contributed by atoms with Crippen LogP contribution in [0.1, 0.15) is 12.0 Å². The van der Waals surface area contributed by atoms with Gasteiger partial charge < -0.3 is 24.2 Å². The van der Waals surface area contributed by atoms with Gasteiger partial charge in [0.1, 0.15) is 11.9 Å². The third-order valence-corrected chi connectivity index (χ3v) is 5.95. The Labute approximate surface area is 186 Å². The lowest BCUT2D eigenvalue weighted by Gasteiger charge is -2.36. The van der Waals surface area contributed by atoms with Crippen LogP contribution in [0.3, 0.4) is 0 Å². The maximum atomic E-state index is 13.1. The van der Waals surface area contributed by atoms with Crippen molar-refractivity contribution in [1.29, 1.82) is 5.26 Å². The predicted molar refractivity (Wildman–Crippen MR) is 118 cm³/mol. The molecule has 2 fully saturated rings. The van der Waals surface area contributed by atoms with E-state index < -0.39 is 0 Å². The van der Waals surface area contributed by atoms with Crippen molar-refractivity contribution in [3.05, 3.63) is 42.1 Å². The van der Waals surface area contributed by atoms with Gasteiger partial charge in [0.2, 0.25) is 11.8 Å². The molecule has 9 heteroatoms. The third kappa shape index (κ3) is 4.04. The van der Waals surface area contributed by atoms with Crippen LogP contribution in [0.25, 0.3) is 0 Å². The Bertz CT molecular complexity index is 1060. The molecule has 2 aromatic rings. The van der Waals surface area contributed by atoms with Crippen molar-refractivity contribution in [3.8, 4) is 17.6 Å². The summed E-state index contributed by atoms with van der Waals surface area (Å²) in [5.74, 6) is 1.30. The minimum absolute atomic E-state index is 0.0116. The van der Waals surface area contributed by atoms with E-state index in [-0.39, 0.29) is 24.2 Å². The third-order valence-electron chi connectivity index (χ3n) is 5.95. The number of carbonyl (C=O) groups is 2. The minimum atomic E-state index is -0.383. The number of rotatable bonds is 5. The Morgan fingerprint density at radius 2 is 1.88 bits per heavy atom. The summed E-state index contributed by atoms with van der Waals surface area (Å²) in [5.41, 5.74) is 1.21. The van der Waals surface area contributed by atoms with Gasteiger partial charge in [-0.05, 0) is 24.3 Å². The van der Waals surface area contributed by atoms with E-state index in [1.165, 1.54) is 0 Å². The number of carbonyl (C=O) groups excluding carboxylic acids is 2. The molecule has 2 saturated heterocycles. The van der Waals surface area contributed by atoms with Crippen LogP contribution < -0.4 is 19.3 Å². The molecule has 0 N–H and O–H groups in total. The van der Waals surface area contributed by atoms with E-state index in [1.54, 1.807) is 55.6 Å². The van der Waals surface area contributed by atoms with Crippen LogP contribution in [0.4, 0.5) is 11.5 Å². The molecule has 0 saturated carbocycles. The van der Waals surface area contributed by atoms with Gasteiger partial charge in [0, 0.05) is 57.1 Å². The van der Waals surface area contributed by atoms with Crippen LogP contribution in [0.5, 0.6) is 11.5 Å². The Morgan fingerprint density at radius 3 is 2.56 bits per heavy atom. The molecule has 0 aliphatic carbocycles. The second-order valence-electron chi connectivity index (χ2n) is 7.74. The highest BCUT2D eigenvalue weighted by molar-refractivity contribution is 6.00. The summed E-state index contributed by atoms with van der Waals surface area (Å²) in [6.45, 7) is 2.59. The van der Waals surface area contributed by atoms with E-state index in [0.717, 1.165) is 0 Å². The molecule has 9 nitrogen and oxygen atoms in total. The van der Waals surface area contributed by atoms with Crippen molar-refractivity contribution in [2.24, 2.45) is 5.92 Å². The average molecular weight is 435 g/mol. The number of amides is 2. The molecule has 32 heavy (non-hydrogen) atoms. The largest absolute Gasteiger partial charge is 0.493 e. The summed E-state index contributed by atoms with van der Waals surface area (Å²) in [4.78, 5) is 35.6. The van der Waals surface area contributed by atoms with Crippen molar-refractivity contribution in [3.63, 3.8) is 0 Å². The minimum Gasteiger partial charge on any atom is -0.493 e. The zero-order valence-corrected chi connectivity index (χ0v) is 18.2. The number of anilines is 2. The van der Waals surface area contributed by atoms with E-state index in [9.17, 15) is 14.9 Å². The summed E-state index contributed by atoms with van der Waals surface area (Å²) in [6.07, 6.45) is 1.85. The lowest BCUT2D eigenvalue weighted by atomic mass is 10.1. The first-order valence-corrected chi connectivity index (χ1v) is 10.5. The molecule has 4 rings (SSSR count). The fourth-order valence-electron chi connectivity index (χ4n) is 4.25. The molecule has 0 radical (unpaired) electrons. The van der Waals surface area contributed by atoms with Crippen molar-refractivity contribution >= 4 is 23.3 Å². The normalized spacial score (nSPS) is 18.5. The Kier molecular flexibility index (Phi) is 6.12. The highest BCUT2D eigenvalue weighted by Gasteiger charge is 2.38. The van der Waals surface area contributed by atoms with Gasteiger partial charge in [-0.1, -0.05) is 0 Å². The quantitative estimate of drug-likeness (QED) is 0.704. The summed E-state index contributed by atoms with van der Waals surface area (Å²) in [5, 5.41) is 9.31. The summed E-state index contributed by atoms with van der Waals surface area (Å²) in [6, 6.07) is 11.0. The van der Waals surface area contributed by atoms with Crippen LogP contribution in [-0.2, 0) is 9.59 Å². The van der Waals surface area contributed by atoms with Gasteiger partial charge in [0.25, 0.3) is 0 Å². The average Bonchev–Trinajstić information content (AvgIpc) is 3.24. The molecule has 0 spiro atoms. The van der Waals surface area contributed by atoms with Crippen LogP contribution in [-0.4, -0.2) is 68.6 Å². The molecule has 0 bridgehead atoms. The molecule has 2 aliphatic rings. The summed E-state index contributed by atoms with van der Waals surface area (Å²) < 4.78 is 10.6. The Balaban J connectivity index is 1.40. The highest BCUT2D eigenvalue weighted by Crippen LogP contribution is 2.34. The van der Waals surface area contributed by atoms with Crippen molar-refractivity contribution in [1.82, 2.24) is 9.88 Å². The van der Waals surface area contributed by atoms with Gasteiger partial charge in [-0.15, -0.1) is 0 Å². The standard InChI is InChI=1S/C23H25N5O4/c1-31-19-6-5-18(13-20(19)32-2)28-15-17(12-21(28)29)23(30)27-10-8-26(9-11-27)22-16(14-24)4-3-7-25-22/h3-7,13,17H,8-12,15H2,1-2H3. The molecule has 1 aromatic carbocycles. The smallest absolute Gasteiger partial charge is 0.228 e. The van der Waals surface area contributed by atoms with Crippen LogP contribution in [0.15, 0.2) is 36.5 Å². The molecular formula is C23H25N5O4. The molecular weight excluding hydrogens is 410 g/mol. The fourth-order valence-corrected chi connectivity index (χ4v) is 4.25. The number of hydrogen-bond donors (Lipinski definition) is 0. The van der Waals surface area contributed by atoms with Crippen molar-refractivity contribution in [2.75, 3.05) is 56.7 Å². The molecule has 1 aromatic heterocycles. The lowest BCUT2D eigenvalue weighted by Crippen LogP contribution is -2.51. The topological polar surface area (TPSA) is 99.0 Å². The second-order valence-corrected chi connectivity index (χ2v) is 7.74. The number of methoxy groups -OCH3 is 2. The Morgan fingerprint density at radius 1 is 1.12 bits per heavy atom. The maximum Gasteiger partial charge on any atom is 0.228 e. The van der Waals surface area contributed by atoms with Crippen LogP contribution >= 0.6 is 0 Å². The number of benzene rings is 1. The number of nitriles is 1. The number of aromatic nitrogens is 1.